The van der Waals surface area contributed by atoms with Gasteiger partial charge in [0, 0.05) is 6.04 Å². The van der Waals surface area contributed by atoms with Crippen LogP contribution in [-0.2, 0) is 0 Å². The van der Waals surface area contributed by atoms with Crippen molar-refractivity contribution in [3.63, 3.8) is 0 Å². The lowest BCUT2D eigenvalue weighted by Crippen LogP contribution is -2.39. The molecule has 0 amide bonds. The lowest BCUT2D eigenvalue weighted by Gasteiger charge is -2.30. The van der Waals surface area contributed by atoms with Gasteiger partial charge in [0.2, 0.25) is 0 Å². The predicted molar refractivity (Wildman–Crippen MR) is 62.7 cm³/mol. The van der Waals surface area contributed by atoms with Crippen LogP contribution in [-0.4, -0.2) is 37.0 Å². The van der Waals surface area contributed by atoms with Crippen LogP contribution in [0, 0.1) is 0 Å². The molecular formula is C12H24F2N2. The molecule has 2 N–H and O–H groups in total. The van der Waals surface area contributed by atoms with Gasteiger partial charge in [0.25, 0.3) is 6.43 Å². The van der Waals surface area contributed by atoms with Gasteiger partial charge in [0.05, 0.1) is 6.54 Å². The molecule has 0 aliphatic heterocycles. The van der Waals surface area contributed by atoms with E-state index < -0.39 is 6.43 Å². The second kappa shape index (κ2) is 7.96. The summed E-state index contributed by atoms with van der Waals surface area (Å²) in [5.74, 6) is 0. The molecule has 1 aliphatic rings. The van der Waals surface area contributed by atoms with E-state index in [0.717, 1.165) is 25.8 Å². The standard InChI is InChI=1S/C12H24F2N2/c13-12(14)10-16(9-5-8-15)11-6-3-1-2-4-7-11/h11-12H,1-10,15H2. The molecular weight excluding hydrogens is 210 g/mol. The highest BCUT2D eigenvalue weighted by atomic mass is 19.3. The molecule has 4 heteroatoms. The van der Waals surface area contributed by atoms with E-state index in [1.807, 2.05) is 4.90 Å². The van der Waals surface area contributed by atoms with Gasteiger partial charge in [-0.15, -0.1) is 0 Å². The van der Waals surface area contributed by atoms with Crippen molar-refractivity contribution >= 4 is 0 Å². The summed E-state index contributed by atoms with van der Waals surface area (Å²) in [6.45, 7) is 1.24. The Bertz CT molecular complexity index is 168. The number of hydrogen-bond donors (Lipinski definition) is 1. The van der Waals surface area contributed by atoms with E-state index in [4.69, 9.17) is 5.73 Å². The van der Waals surface area contributed by atoms with Gasteiger partial charge in [-0.2, -0.15) is 0 Å². The van der Waals surface area contributed by atoms with Gasteiger partial charge in [-0.1, -0.05) is 25.7 Å². The number of nitrogens with two attached hydrogens (primary N) is 1. The molecule has 1 rings (SSSR count). The van der Waals surface area contributed by atoms with Crippen molar-refractivity contribution in [2.24, 2.45) is 5.73 Å². The Labute approximate surface area is 97.2 Å². The highest BCUT2D eigenvalue weighted by Gasteiger charge is 2.22. The van der Waals surface area contributed by atoms with Crippen LogP contribution >= 0.6 is 0 Å². The van der Waals surface area contributed by atoms with Gasteiger partial charge < -0.3 is 5.73 Å². The molecule has 0 heterocycles. The fraction of sp³-hybridized carbons (Fsp3) is 1.00. The van der Waals surface area contributed by atoms with E-state index in [-0.39, 0.29) is 6.54 Å². The quantitative estimate of drug-likeness (QED) is 0.716. The molecule has 0 aromatic heterocycles. The largest absolute Gasteiger partial charge is 0.330 e. The molecule has 1 aliphatic carbocycles. The zero-order valence-electron chi connectivity index (χ0n) is 10.0. The van der Waals surface area contributed by atoms with E-state index in [9.17, 15) is 8.78 Å². The molecule has 16 heavy (non-hydrogen) atoms. The molecule has 0 atom stereocenters. The highest BCUT2D eigenvalue weighted by molar-refractivity contribution is 4.75. The Morgan fingerprint density at radius 1 is 1.12 bits per heavy atom. The molecule has 0 radical (unpaired) electrons. The monoisotopic (exact) mass is 234 g/mol. The molecule has 0 aromatic carbocycles. The summed E-state index contributed by atoms with van der Waals surface area (Å²) in [6, 6.07) is 0.364. The second-order valence-electron chi connectivity index (χ2n) is 4.67. The Morgan fingerprint density at radius 3 is 2.25 bits per heavy atom. The van der Waals surface area contributed by atoms with Crippen LogP contribution in [0.1, 0.15) is 44.9 Å². The Morgan fingerprint density at radius 2 is 1.75 bits per heavy atom. The van der Waals surface area contributed by atoms with Crippen molar-refractivity contribution < 1.29 is 8.78 Å². The second-order valence-corrected chi connectivity index (χ2v) is 4.67. The van der Waals surface area contributed by atoms with Gasteiger partial charge in [0.1, 0.15) is 0 Å². The first-order valence-electron chi connectivity index (χ1n) is 6.46. The zero-order chi connectivity index (χ0) is 11.8. The third-order valence-electron chi connectivity index (χ3n) is 3.36. The first-order chi connectivity index (χ1) is 7.74. The van der Waals surface area contributed by atoms with Gasteiger partial charge in [0.15, 0.2) is 0 Å². The smallest absolute Gasteiger partial charge is 0.251 e. The summed E-state index contributed by atoms with van der Waals surface area (Å²) in [4.78, 5) is 1.96. The molecule has 0 saturated heterocycles. The van der Waals surface area contributed by atoms with Crippen molar-refractivity contribution in [3.8, 4) is 0 Å². The van der Waals surface area contributed by atoms with Gasteiger partial charge in [-0.05, 0) is 32.4 Å². The Hall–Kier alpha value is -0.220. The van der Waals surface area contributed by atoms with Crippen LogP contribution in [0.3, 0.4) is 0 Å². The van der Waals surface area contributed by atoms with E-state index in [0.29, 0.717) is 12.6 Å². The molecule has 0 unspecified atom stereocenters. The topological polar surface area (TPSA) is 29.3 Å². The number of halogens is 2. The molecule has 1 saturated carbocycles. The SMILES string of the molecule is NCCCN(CC(F)F)C1CCCCCC1. The van der Waals surface area contributed by atoms with Crippen LogP contribution in [0.4, 0.5) is 8.78 Å². The lowest BCUT2D eigenvalue weighted by atomic mass is 10.1. The molecule has 0 spiro atoms. The molecule has 0 aromatic rings. The third-order valence-corrected chi connectivity index (χ3v) is 3.36. The van der Waals surface area contributed by atoms with Crippen LogP contribution in [0.5, 0.6) is 0 Å². The molecule has 0 bridgehead atoms. The van der Waals surface area contributed by atoms with E-state index in [1.165, 1.54) is 25.7 Å². The van der Waals surface area contributed by atoms with Crippen molar-refractivity contribution in [3.05, 3.63) is 0 Å². The fourth-order valence-electron chi connectivity index (χ4n) is 2.52. The summed E-state index contributed by atoms with van der Waals surface area (Å²) in [5, 5.41) is 0. The molecule has 96 valence electrons. The maximum Gasteiger partial charge on any atom is 0.251 e. The van der Waals surface area contributed by atoms with Gasteiger partial charge in [-0.25, -0.2) is 8.78 Å². The highest BCUT2D eigenvalue weighted by Crippen LogP contribution is 2.22. The maximum atomic E-state index is 12.5. The van der Waals surface area contributed by atoms with Crippen LogP contribution in [0.25, 0.3) is 0 Å². The third kappa shape index (κ3) is 5.21. The van der Waals surface area contributed by atoms with E-state index >= 15 is 0 Å². The first kappa shape index (κ1) is 13.8. The minimum absolute atomic E-state index is 0.0787. The average Bonchev–Trinajstić information content (AvgIpc) is 2.52. The van der Waals surface area contributed by atoms with Crippen LogP contribution in [0.2, 0.25) is 0 Å². The minimum atomic E-state index is -2.22. The molecule has 1 fully saturated rings. The number of alkyl halides is 2. The maximum absolute atomic E-state index is 12.5. The first-order valence-corrected chi connectivity index (χ1v) is 6.46. The van der Waals surface area contributed by atoms with Crippen molar-refractivity contribution in [1.29, 1.82) is 0 Å². The summed E-state index contributed by atoms with van der Waals surface area (Å²) in [5.41, 5.74) is 5.45. The summed E-state index contributed by atoms with van der Waals surface area (Å²) >= 11 is 0. The van der Waals surface area contributed by atoms with E-state index in [1.54, 1.807) is 0 Å². The Balaban J connectivity index is 2.43. The lowest BCUT2D eigenvalue weighted by molar-refractivity contribution is 0.0605. The summed E-state index contributed by atoms with van der Waals surface area (Å²) in [7, 11) is 0. The minimum Gasteiger partial charge on any atom is -0.330 e. The van der Waals surface area contributed by atoms with Gasteiger partial charge in [-0.3, -0.25) is 4.90 Å². The van der Waals surface area contributed by atoms with E-state index in [2.05, 4.69) is 0 Å². The van der Waals surface area contributed by atoms with Crippen molar-refractivity contribution in [1.82, 2.24) is 4.90 Å². The van der Waals surface area contributed by atoms with Crippen LogP contribution in [0.15, 0.2) is 0 Å². The number of nitrogens with zero attached hydrogens (tertiary/aromatic N) is 1. The number of hydrogen-bond acceptors (Lipinski definition) is 2. The van der Waals surface area contributed by atoms with Crippen LogP contribution < -0.4 is 5.73 Å². The zero-order valence-corrected chi connectivity index (χ0v) is 10.0. The van der Waals surface area contributed by atoms with Crippen molar-refractivity contribution in [2.45, 2.75) is 57.4 Å². The van der Waals surface area contributed by atoms with Crippen molar-refractivity contribution in [2.75, 3.05) is 19.6 Å². The summed E-state index contributed by atoms with van der Waals surface area (Å²) < 4.78 is 25.0. The number of rotatable bonds is 6. The molecule has 2 nitrogen and oxygen atoms in total. The average molecular weight is 234 g/mol. The van der Waals surface area contributed by atoms with Gasteiger partial charge >= 0.3 is 0 Å². The summed E-state index contributed by atoms with van der Waals surface area (Å²) in [6.07, 6.45) is 5.66. The predicted octanol–water partition coefficient (Wildman–Crippen LogP) is 2.63. The Kier molecular flexibility index (Phi) is 6.88. The fourth-order valence-corrected chi connectivity index (χ4v) is 2.52. The normalized spacial score (nSPS) is 19.3.